The molecule has 3 heterocycles. The maximum atomic E-state index is 12.6. The molecule has 0 aliphatic rings. The number of aromatic nitrogens is 4. The predicted octanol–water partition coefficient (Wildman–Crippen LogP) is 3.48. The van der Waals surface area contributed by atoms with E-state index < -0.39 is 0 Å². The van der Waals surface area contributed by atoms with Gasteiger partial charge in [0.15, 0.2) is 11.5 Å². The Hall–Kier alpha value is -3.12. The Morgan fingerprint density at radius 1 is 1.00 bits per heavy atom. The summed E-state index contributed by atoms with van der Waals surface area (Å²) < 4.78 is 3.89. The number of carbonyl (C=O) groups is 1. The first-order valence-electron chi connectivity index (χ1n) is 8.64. The van der Waals surface area contributed by atoms with Gasteiger partial charge in [-0.05, 0) is 42.0 Å². The Morgan fingerprint density at radius 2 is 1.74 bits per heavy atom. The van der Waals surface area contributed by atoms with Gasteiger partial charge in [0.25, 0.3) is 0 Å². The van der Waals surface area contributed by atoms with Crippen LogP contribution < -0.4 is 5.32 Å². The molecule has 0 unspecified atom stereocenters. The second-order valence-electron chi connectivity index (χ2n) is 6.22. The predicted molar refractivity (Wildman–Crippen MR) is 103 cm³/mol. The minimum Gasteiger partial charge on any atom is -0.349 e. The number of hydrogen-bond donors (Lipinski definition) is 1. The van der Waals surface area contributed by atoms with E-state index in [2.05, 4.69) is 15.5 Å². The number of carbonyl (C=O) groups excluding carboxylic acids is 1. The van der Waals surface area contributed by atoms with Crippen LogP contribution in [0.1, 0.15) is 23.9 Å². The normalized spacial score (nSPS) is 12.2. The zero-order valence-corrected chi connectivity index (χ0v) is 15.3. The van der Waals surface area contributed by atoms with Gasteiger partial charge in [-0.15, -0.1) is 10.2 Å². The molecule has 1 aromatic carbocycles. The van der Waals surface area contributed by atoms with Gasteiger partial charge in [0, 0.05) is 23.6 Å². The van der Waals surface area contributed by atoms with Crippen molar-refractivity contribution >= 4 is 23.2 Å². The van der Waals surface area contributed by atoms with Crippen LogP contribution in [-0.4, -0.2) is 25.1 Å². The van der Waals surface area contributed by atoms with Gasteiger partial charge in [-0.25, -0.2) is 0 Å². The lowest BCUT2D eigenvalue weighted by Gasteiger charge is -2.19. The van der Waals surface area contributed by atoms with Crippen molar-refractivity contribution in [1.29, 1.82) is 0 Å². The average molecular weight is 380 g/mol. The van der Waals surface area contributed by atoms with Crippen LogP contribution in [0.15, 0.2) is 73.2 Å². The number of nitrogens with zero attached hydrogens (tertiary/aromatic N) is 4. The molecule has 0 fully saturated rings. The van der Waals surface area contributed by atoms with E-state index in [0.29, 0.717) is 23.8 Å². The van der Waals surface area contributed by atoms with Gasteiger partial charge in [-0.3, -0.25) is 9.20 Å². The number of pyridine rings is 1. The standard InChI is InChI=1S/C20H18ClN5O/c21-16-8-6-15(7-9-16)17(25-10-3-4-11-25)13-20(27)22-14-19-24-23-18-5-1-2-12-26(18)19/h1-12,17H,13-14H2,(H,22,27)/t17-/m0/s1. The molecule has 0 aliphatic heterocycles. The molecule has 3 aromatic heterocycles. The zero-order valence-electron chi connectivity index (χ0n) is 14.5. The van der Waals surface area contributed by atoms with E-state index in [0.717, 1.165) is 11.2 Å². The van der Waals surface area contributed by atoms with Crippen molar-refractivity contribution in [2.45, 2.75) is 19.0 Å². The fourth-order valence-electron chi connectivity index (χ4n) is 3.07. The maximum Gasteiger partial charge on any atom is 0.222 e. The molecule has 0 spiro atoms. The van der Waals surface area contributed by atoms with Crippen LogP contribution >= 0.6 is 11.6 Å². The first kappa shape index (κ1) is 17.3. The molecule has 0 saturated heterocycles. The van der Waals surface area contributed by atoms with E-state index in [1.165, 1.54) is 0 Å². The molecule has 1 amide bonds. The van der Waals surface area contributed by atoms with E-state index in [1.807, 2.05) is 82.2 Å². The van der Waals surface area contributed by atoms with Gasteiger partial charge in [0.05, 0.1) is 19.0 Å². The molecule has 136 valence electrons. The zero-order chi connectivity index (χ0) is 18.6. The summed E-state index contributed by atoms with van der Waals surface area (Å²) in [5.74, 6) is 0.638. The second-order valence-corrected chi connectivity index (χ2v) is 6.66. The van der Waals surface area contributed by atoms with Gasteiger partial charge in [-0.2, -0.15) is 0 Å². The van der Waals surface area contributed by atoms with Crippen molar-refractivity contribution in [1.82, 2.24) is 24.5 Å². The molecule has 27 heavy (non-hydrogen) atoms. The van der Waals surface area contributed by atoms with E-state index in [1.54, 1.807) is 0 Å². The van der Waals surface area contributed by atoms with Crippen LogP contribution in [0.3, 0.4) is 0 Å². The number of benzene rings is 1. The van der Waals surface area contributed by atoms with Gasteiger partial charge < -0.3 is 9.88 Å². The van der Waals surface area contributed by atoms with Crippen LogP contribution in [0.25, 0.3) is 5.65 Å². The van der Waals surface area contributed by atoms with Crippen molar-refractivity contribution in [3.8, 4) is 0 Å². The number of amides is 1. The smallest absolute Gasteiger partial charge is 0.222 e. The lowest BCUT2D eigenvalue weighted by atomic mass is 10.0. The second kappa shape index (κ2) is 7.63. The van der Waals surface area contributed by atoms with Crippen molar-refractivity contribution in [3.63, 3.8) is 0 Å². The third kappa shape index (κ3) is 3.85. The van der Waals surface area contributed by atoms with Gasteiger partial charge in [0.1, 0.15) is 0 Å². The number of nitrogens with one attached hydrogen (secondary N) is 1. The summed E-state index contributed by atoms with van der Waals surface area (Å²) in [6.45, 7) is 0.322. The summed E-state index contributed by atoms with van der Waals surface area (Å²) in [7, 11) is 0. The highest BCUT2D eigenvalue weighted by Gasteiger charge is 2.18. The fraction of sp³-hybridized carbons (Fsp3) is 0.150. The Bertz CT molecular complexity index is 1040. The first-order chi connectivity index (χ1) is 13.2. The Kier molecular flexibility index (Phi) is 4.89. The summed E-state index contributed by atoms with van der Waals surface area (Å²) in [5, 5.41) is 11.9. The molecule has 4 rings (SSSR count). The van der Waals surface area contributed by atoms with Crippen LogP contribution in [0, 0.1) is 0 Å². The molecular weight excluding hydrogens is 362 g/mol. The highest BCUT2D eigenvalue weighted by molar-refractivity contribution is 6.30. The van der Waals surface area contributed by atoms with Crippen molar-refractivity contribution < 1.29 is 4.79 Å². The summed E-state index contributed by atoms with van der Waals surface area (Å²) in [6.07, 6.45) is 6.11. The van der Waals surface area contributed by atoms with Crippen LogP contribution in [0.5, 0.6) is 0 Å². The molecule has 1 atom stereocenters. The highest BCUT2D eigenvalue weighted by Crippen LogP contribution is 2.24. The molecule has 0 aliphatic carbocycles. The maximum absolute atomic E-state index is 12.6. The summed E-state index contributed by atoms with van der Waals surface area (Å²) >= 11 is 6.00. The topological polar surface area (TPSA) is 64.2 Å². The summed E-state index contributed by atoms with van der Waals surface area (Å²) in [5.41, 5.74) is 1.78. The summed E-state index contributed by atoms with van der Waals surface area (Å²) in [6, 6.07) is 17.1. The van der Waals surface area contributed by atoms with E-state index in [4.69, 9.17) is 11.6 Å². The molecule has 0 saturated carbocycles. The lowest BCUT2D eigenvalue weighted by Crippen LogP contribution is -2.27. The van der Waals surface area contributed by atoms with Crippen molar-refractivity contribution in [3.05, 3.63) is 89.6 Å². The number of fused-ring (bicyclic) bond motifs is 1. The first-order valence-corrected chi connectivity index (χ1v) is 9.02. The highest BCUT2D eigenvalue weighted by atomic mass is 35.5. The summed E-state index contributed by atoms with van der Waals surface area (Å²) in [4.78, 5) is 12.6. The van der Waals surface area contributed by atoms with Crippen molar-refractivity contribution in [2.75, 3.05) is 0 Å². The molecule has 4 aromatic rings. The minimum atomic E-state index is -0.104. The van der Waals surface area contributed by atoms with E-state index >= 15 is 0 Å². The lowest BCUT2D eigenvalue weighted by molar-refractivity contribution is -0.121. The van der Waals surface area contributed by atoms with Crippen LogP contribution in [0.4, 0.5) is 0 Å². The molecule has 7 heteroatoms. The largest absolute Gasteiger partial charge is 0.349 e. The van der Waals surface area contributed by atoms with Gasteiger partial charge in [0.2, 0.25) is 5.91 Å². The Labute approximate surface area is 161 Å². The molecular formula is C20H18ClN5O. The SMILES string of the molecule is O=C(C[C@@H](c1ccc(Cl)cc1)n1cccc1)NCc1nnc2ccccn12. The third-order valence-electron chi connectivity index (χ3n) is 4.45. The molecule has 6 nitrogen and oxygen atoms in total. The fourth-order valence-corrected chi connectivity index (χ4v) is 3.20. The van der Waals surface area contributed by atoms with E-state index in [-0.39, 0.29) is 11.9 Å². The van der Waals surface area contributed by atoms with Crippen LogP contribution in [-0.2, 0) is 11.3 Å². The Balaban J connectivity index is 1.48. The monoisotopic (exact) mass is 379 g/mol. The van der Waals surface area contributed by atoms with E-state index in [9.17, 15) is 4.79 Å². The third-order valence-corrected chi connectivity index (χ3v) is 4.70. The van der Waals surface area contributed by atoms with Crippen molar-refractivity contribution in [2.24, 2.45) is 0 Å². The molecule has 0 bridgehead atoms. The molecule has 1 N–H and O–H groups in total. The number of halogens is 1. The van der Waals surface area contributed by atoms with Gasteiger partial charge >= 0.3 is 0 Å². The quantitative estimate of drug-likeness (QED) is 0.557. The number of rotatable bonds is 6. The molecule has 0 radical (unpaired) electrons. The number of hydrogen-bond acceptors (Lipinski definition) is 3. The Morgan fingerprint density at radius 3 is 2.52 bits per heavy atom. The van der Waals surface area contributed by atoms with Crippen LogP contribution in [0.2, 0.25) is 5.02 Å². The average Bonchev–Trinajstić information content (AvgIpc) is 3.35. The minimum absolute atomic E-state index is 0.0590. The van der Waals surface area contributed by atoms with Gasteiger partial charge in [-0.1, -0.05) is 29.8 Å².